The van der Waals surface area contributed by atoms with Crippen LogP contribution in [0.2, 0.25) is 5.02 Å². The van der Waals surface area contributed by atoms with E-state index in [4.69, 9.17) is 11.6 Å². The van der Waals surface area contributed by atoms with Crippen molar-refractivity contribution in [1.29, 1.82) is 0 Å². The first-order chi connectivity index (χ1) is 12.8. The van der Waals surface area contributed by atoms with Crippen LogP contribution in [0.15, 0.2) is 12.1 Å². The number of fused-ring (bicyclic) bond motifs is 1. The van der Waals surface area contributed by atoms with Crippen LogP contribution in [-0.2, 0) is 9.59 Å². The molecule has 0 saturated heterocycles. The normalized spacial score (nSPS) is 25.4. The highest BCUT2D eigenvalue weighted by molar-refractivity contribution is 6.30. The number of amides is 2. The van der Waals surface area contributed by atoms with Gasteiger partial charge in [0.1, 0.15) is 11.6 Å². The molecular formula is C20H25ClF2N2O2. The predicted octanol–water partition coefficient (Wildman–Crippen LogP) is 4.13. The molecule has 2 bridgehead atoms. The fraction of sp³-hybridized carbons (Fsp3) is 0.600. The van der Waals surface area contributed by atoms with Crippen molar-refractivity contribution in [3.63, 3.8) is 0 Å². The van der Waals surface area contributed by atoms with E-state index in [2.05, 4.69) is 10.6 Å². The number of nitrogens with one attached hydrogen (secondary N) is 2. The second kappa shape index (κ2) is 7.74. The van der Waals surface area contributed by atoms with Crippen LogP contribution in [0.4, 0.5) is 8.78 Å². The smallest absolute Gasteiger partial charge is 0.224 e. The van der Waals surface area contributed by atoms with Gasteiger partial charge in [0.05, 0.1) is 11.1 Å². The Morgan fingerprint density at radius 1 is 1.33 bits per heavy atom. The van der Waals surface area contributed by atoms with E-state index in [9.17, 15) is 18.4 Å². The second-order valence-corrected chi connectivity index (χ2v) is 8.26. The number of hydrogen-bond acceptors (Lipinski definition) is 2. The highest BCUT2D eigenvalue weighted by Gasteiger charge is 2.56. The summed E-state index contributed by atoms with van der Waals surface area (Å²) in [5.74, 6) is -2.10. The number of hydrogen-bond donors (Lipinski definition) is 2. The Morgan fingerprint density at radius 2 is 2.04 bits per heavy atom. The number of halogens is 3. The van der Waals surface area contributed by atoms with Crippen molar-refractivity contribution in [2.75, 3.05) is 7.05 Å². The van der Waals surface area contributed by atoms with Gasteiger partial charge in [-0.15, -0.1) is 0 Å². The molecule has 1 aromatic carbocycles. The first-order valence-electron chi connectivity index (χ1n) is 9.45. The molecule has 7 heteroatoms. The molecule has 3 aliphatic carbocycles. The van der Waals surface area contributed by atoms with Gasteiger partial charge in [0.25, 0.3) is 0 Å². The summed E-state index contributed by atoms with van der Waals surface area (Å²) < 4.78 is 29.4. The number of rotatable bonds is 7. The fourth-order valence-corrected chi connectivity index (χ4v) is 4.88. The average molecular weight is 399 g/mol. The zero-order chi connectivity index (χ0) is 19.8. The third-order valence-electron chi connectivity index (χ3n) is 6.28. The standard InChI is InChI=1S/C20H25ClF2N2O2/c1-3-12(8-15(26)24-2)19(27)25-18(20-7-6-11(9-20)10-20)16-14(22)5-4-13(21)17(16)23/h4-5,11-12,18H,3,6-10H2,1-2H3,(H,24,26)(H,25,27)/t11?,12-,18?,20?/m1/s1. The summed E-state index contributed by atoms with van der Waals surface area (Å²) >= 11 is 5.90. The molecule has 0 aromatic heterocycles. The largest absolute Gasteiger partial charge is 0.359 e. The van der Waals surface area contributed by atoms with Gasteiger partial charge in [0, 0.05) is 24.9 Å². The summed E-state index contributed by atoms with van der Waals surface area (Å²) in [6.07, 6.45) is 4.01. The Morgan fingerprint density at radius 3 is 2.59 bits per heavy atom. The maximum absolute atomic E-state index is 14.8. The summed E-state index contributed by atoms with van der Waals surface area (Å²) in [6.45, 7) is 1.82. The van der Waals surface area contributed by atoms with E-state index in [0.717, 1.165) is 31.7 Å². The van der Waals surface area contributed by atoms with E-state index in [1.165, 1.54) is 13.1 Å². The minimum Gasteiger partial charge on any atom is -0.359 e. The lowest BCUT2D eigenvalue weighted by Crippen LogP contribution is -2.47. The van der Waals surface area contributed by atoms with E-state index in [0.29, 0.717) is 12.3 Å². The maximum Gasteiger partial charge on any atom is 0.224 e. The van der Waals surface area contributed by atoms with Crippen molar-refractivity contribution in [3.05, 3.63) is 34.4 Å². The van der Waals surface area contributed by atoms with Crippen molar-refractivity contribution < 1.29 is 18.4 Å². The molecule has 0 spiro atoms. The van der Waals surface area contributed by atoms with Crippen LogP contribution in [-0.4, -0.2) is 18.9 Å². The van der Waals surface area contributed by atoms with Crippen LogP contribution < -0.4 is 10.6 Å². The number of carbonyl (C=O) groups excluding carboxylic acids is 2. The van der Waals surface area contributed by atoms with Gasteiger partial charge >= 0.3 is 0 Å². The Hall–Kier alpha value is -1.69. The molecule has 3 aliphatic rings. The lowest BCUT2D eigenvalue weighted by molar-refractivity contribution is -0.132. The number of carbonyl (C=O) groups is 2. The zero-order valence-electron chi connectivity index (χ0n) is 15.6. The fourth-order valence-electron chi connectivity index (χ4n) is 4.72. The van der Waals surface area contributed by atoms with Gasteiger partial charge in [-0.25, -0.2) is 8.78 Å². The Kier molecular flexibility index (Phi) is 5.75. The Balaban J connectivity index is 1.92. The molecule has 3 saturated carbocycles. The minimum atomic E-state index is -0.814. The van der Waals surface area contributed by atoms with Crippen molar-refractivity contribution in [2.24, 2.45) is 17.3 Å². The molecule has 2 N–H and O–H groups in total. The predicted molar refractivity (Wildman–Crippen MR) is 99.1 cm³/mol. The average Bonchev–Trinajstić information content (AvgIpc) is 3.23. The highest BCUT2D eigenvalue weighted by Crippen LogP contribution is 2.64. The highest BCUT2D eigenvalue weighted by atomic mass is 35.5. The van der Waals surface area contributed by atoms with Gasteiger partial charge in [-0.2, -0.15) is 0 Å². The molecule has 0 aliphatic heterocycles. The molecule has 2 atom stereocenters. The van der Waals surface area contributed by atoms with Gasteiger partial charge in [0.2, 0.25) is 11.8 Å². The van der Waals surface area contributed by atoms with Gasteiger partial charge in [-0.05, 0) is 55.6 Å². The first-order valence-corrected chi connectivity index (χ1v) is 9.83. The summed E-state index contributed by atoms with van der Waals surface area (Å²) in [4.78, 5) is 24.6. The van der Waals surface area contributed by atoms with Crippen molar-refractivity contribution in [1.82, 2.24) is 10.6 Å². The molecule has 148 valence electrons. The third kappa shape index (κ3) is 3.68. The van der Waals surface area contributed by atoms with Crippen molar-refractivity contribution in [2.45, 2.75) is 51.5 Å². The summed E-state index contributed by atoms with van der Waals surface area (Å²) in [6, 6.07) is 1.55. The maximum atomic E-state index is 14.8. The van der Waals surface area contributed by atoms with Gasteiger partial charge < -0.3 is 10.6 Å². The lowest BCUT2D eigenvalue weighted by atomic mass is 9.63. The second-order valence-electron chi connectivity index (χ2n) is 7.86. The minimum absolute atomic E-state index is 0.0433. The summed E-state index contributed by atoms with van der Waals surface area (Å²) in [5, 5.41) is 5.24. The van der Waals surface area contributed by atoms with Crippen molar-refractivity contribution in [3.8, 4) is 0 Å². The van der Waals surface area contributed by atoms with Crippen LogP contribution in [0.3, 0.4) is 0 Å². The van der Waals surface area contributed by atoms with Crippen LogP contribution in [0.1, 0.15) is 57.1 Å². The third-order valence-corrected chi connectivity index (χ3v) is 6.57. The summed E-state index contributed by atoms with van der Waals surface area (Å²) in [7, 11) is 1.51. The zero-order valence-corrected chi connectivity index (χ0v) is 16.3. The Bertz CT molecular complexity index is 744. The lowest BCUT2D eigenvalue weighted by Gasteiger charge is -2.45. The molecule has 0 heterocycles. The molecule has 4 rings (SSSR count). The quantitative estimate of drug-likeness (QED) is 0.678. The monoisotopic (exact) mass is 398 g/mol. The SMILES string of the molecule is CC[C@H](CC(=O)NC)C(=O)NC(c1c(F)ccc(Cl)c1F)C12CCC(C1)C2. The van der Waals surface area contributed by atoms with Crippen molar-refractivity contribution >= 4 is 23.4 Å². The molecule has 1 unspecified atom stereocenters. The van der Waals surface area contributed by atoms with Gasteiger partial charge in [0.15, 0.2) is 0 Å². The molecule has 27 heavy (non-hydrogen) atoms. The van der Waals surface area contributed by atoms with Crippen LogP contribution >= 0.6 is 11.6 Å². The van der Waals surface area contributed by atoms with E-state index < -0.39 is 23.6 Å². The molecular weight excluding hydrogens is 374 g/mol. The van der Waals surface area contributed by atoms with E-state index in [1.54, 1.807) is 0 Å². The molecule has 1 aromatic rings. The molecule has 4 nitrogen and oxygen atoms in total. The van der Waals surface area contributed by atoms with Crippen LogP contribution in [0, 0.1) is 28.9 Å². The van der Waals surface area contributed by atoms with Gasteiger partial charge in [-0.1, -0.05) is 18.5 Å². The topological polar surface area (TPSA) is 58.2 Å². The summed E-state index contributed by atoms with van der Waals surface area (Å²) in [5.41, 5.74) is -0.496. The van der Waals surface area contributed by atoms with E-state index in [1.807, 2.05) is 6.92 Å². The molecule has 2 amide bonds. The van der Waals surface area contributed by atoms with E-state index >= 15 is 0 Å². The molecule has 3 fully saturated rings. The first kappa shape index (κ1) is 20.1. The molecule has 0 radical (unpaired) electrons. The number of benzene rings is 1. The van der Waals surface area contributed by atoms with E-state index in [-0.39, 0.29) is 34.2 Å². The Labute approximate surface area is 163 Å². The van der Waals surface area contributed by atoms with Crippen LogP contribution in [0.5, 0.6) is 0 Å². The van der Waals surface area contributed by atoms with Crippen LogP contribution in [0.25, 0.3) is 0 Å². The van der Waals surface area contributed by atoms with Gasteiger partial charge in [-0.3, -0.25) is 9.59 Å².